The predicted octanol–water partition coefficient (Wildman–Crippen LogP) is 3.90. The molecule has 0 radical (unpaired) electrons. The van der Waals surface area contributed by atoms with E-state index in [1.807, 2.05) is 31.2 Å². The molecule has 5 nitrogen and oxygen atoms in total. The van der Waals surface area contributed by atoms with Gasteiger partial charge in [-0.15, -0.1) is 0 Å². The van der Waals surface area contributed by atoms with Gasteiger partial charge in [0.2, 0.25) is 0 Å². The summed E-state index contributed by atoms with van der Waals surface area (Å²) in [5.41, 5.74) is 1.28. The van der Waals surface area contributed by atoms with Crippen LogP contribution in [0.4, 0.5) is 5.69 Å². The van der Waals surface area contributed by atoms with Crippen molar-refractivity contribution in [1.29, 1.82) is 0 Å². The zero-order valence-corrected chi connectivity index (χ0v) is 14.4. The molecule has 0 unspecified atom stereocenters. The van der Waals surface area contributed by atoms with Crippen LogP contribution in [0, 0.1) is 0 Å². The van der Waals surface area contributed by atoms with Crippen molar-refractivity contribution in [3.05, 3.63) is 54.1 Å². The van der Waals surface area contributed by atoms with Gasteiger partial charge in [-0.2, -0.15) is 0 Å². The Hall–Kier alpha value is -2.53. The summed E-state index contributed by atoms with van der Waals surface area (Å²) >= 11 is 0. The molecule has 1 amide bonds. The second-order valence-corrected chi connectivity index (χ2v) is 5.89. The first-order valence-electron chi connectivity index (χ1n) is 8.63. The Labute approximate surface area is 147 Å². The molecule has 1 aliphatic heterocycles. The number of nitrogens with one attached hydrogen (secondary N) is 1. The van der Waals surface area contributed by atoms with E-state index in [4.69, 9.17) is 14.2 Å². The fourth-order valence-corrected chi connectivity index (χ4v) is 2.70. The number of benzene rings is 2. The minimum atomic E-state index is -0.167. The van der Waals surface area contributed by atoms with Gasteiger partial charge in [0.15, 0.2) is 0 Å². The van der Waals surface area contributed by atoms with Gasteiger partial charge in [-0.05, 0) is 56.2 Å². The summed E-state index contributed by atoms with van der Waals surface area (Å²) in [4.78, 5) is 12.3. The standard InChI is InChI=1S/C20H23NO4/c1-2-23-17-10-8-15(9-11-17)20(22)21-16-5-3-6-18(13-16)25-14-19-7-4-12-24-19/h3,5-6,8-11,13,19H,2,4,7,12,14H2,1H3,(H,21,22)/t19-/m1/s1. The summed E-state index contributed by atoms with van der Waals surface area (Å²) in [7, 11) is 0. The maximum Gasteiger partial charge on any atom is 0.255 e. The van der Waals surface area contributed by atoms with E-state index in [1.165, 1.54) is 0 Å². The van der Waals surface area contributed by atoms with Gasteiger partial charge in [-0.25, -0.2) is 0 Å². The zero-order chi connectivity index (χ0) is 17.5. The topological polar surface area (TPSA) is 56.8 Å². The van der Waals surface area contributed by atoms with Crippen molar-refractivity contribution in [3.63, 3.8) is 0 Å². The maximum atomic E-state index is 12.3. The van der Waals surface area contributed by atoms with Crippen molar-refractivity contribution in [2.24, 2.45) is 0 Å². The average Bonchev–Trinajstić information content (AvgIpc) is 3.15. The predicted molar refractivity (Wildman–Crippen MR) is 96.5 cm³/mol. The minimum absolute atomic E-state index is 0.167. The molecule has 2 aromatic carbocycles. The van der Waals surface area contributed by atoms with Gasteiger partial charge in [0, 0.05) is 23.9 Å². The number of amides is 1. The smallest absolute Gasteiger partial charge is 0.255 e. The number of ether oxygens (including phenoxy) is 3. The molecule has 2 aromatic rings. The van der Waals surface area contributed by atoms with Crippen LogP contribution in [0.15, 0.2) is 48.5 Å². The summed E-state index contributed by atoms with van der Waals surface area (Å²) < 4.78 is 16.7. The van der Waals surface area contributed by atoms with Crippen molar-refractivity contribution in [2.75, 3.05) is 25.1 Å². The van der Waals surface area contributed by atoms with Crippen molar-refractivity contribution >= 4 is 11.6 Å². The monoisotopic (exact) mass is 341 g/mol. The third-order valence-corrected chi connectivity index (χ3v) is 3.98. The first kappa shape index (κ1) is 17.3. The second kappa shape index (κ2) is 8.53. The Morgan fingerprint density at radius 1 is 1.16 bits per heavy atom. The number of carbonyl (C=O) groups excluding carboxylic acids is 1. The van der Waals surface area contributed by atoms with E-state index in [0.717, 1.165) is 30.9 Å². The van der Waals surface area contributed by atoms with Crippen molar-refractivity contribution in [3.8, 4) is 11.5 Å². The molecule has 0 saturated carbocycles. The highest BCUT2D eigenvalue weighted by atomic mass is 16.5. The van der Waals surface area contributed by atoms with Gasteiger partial charge >= 0.3 is 0 Å². The Morgan fingerprint density at radius 3 is 2.72 bits per heavy atom. The van der Waals surface area contributed by atoms with Gasteiger partial charge in [0.05, 0.1) is 12.7 Å². The Morgan fingerprint density at radius 2 is 2.00 bits per heavy atom. The van der Waals surface area contributed by atoms with E-state index in [0.29, 0.717) is 24.5 Å². The van der Waals surface area contributed by atoms with Crippen LogP contribution in [-0.4, -0.2) is 31.8 Å². The Kier molecular flexibility index (Phi) is 5.90. The molecule has 1 aliphatic rings. The molecular weight excluding hydrogens is 318 g/mol. The van der Waals surface area contributed by atoms with Crippen LogP contribution in [0.25, 0.3) is 0 Å². The summed E-state index contributed by atoms with van der Waals surface area (Å²) in [6.45, 7) is 3.88. The van der Waals surface area contributed by atoms with Crippen LogP contribution < -0.4 is 14.8 Å². The molecule has 0 bridgehead atoms. The lowest BCUT2D eigenvalue weighted by molar-refractivity contribution is 0.0680. The van der Waals surface area contributed by atoms with Crippen LogP contribution in [0.3, 0.4) is 0 Å². The molecule has 1 atom stereocenters. The van der Waals surface area contributed by atoms with Crippen LogP contribution in [0.2, 0.25) is 0 Å². The summed E-state index contributed by atoms with van der Waals surface area (Å²) in [5, 5.41) is 2.89. The maximum absolute atomic E-state index is 12.3. The van der Waals surface area contributed by atoms with E-state index in [1.54, 1.807) is 24.3 Å². The van der Waals surface area contributed by atoms with E-state index < -0.39 is 0 Å². The number of anilines is 1. The molecule has 0 aromatic heterocycles. The number of carbonyl (C=O) groups is 1. The molecule has 5 heteroatoms. The number of hydrogen-bond donors (Lipinski definition) is 1. The molecule has 25 heavy (non-hydrogen) atoms. The number of rotatable bonds is 7. The summed E-state index contributed by atoms with van der Waals surface area (Å²) in [6.07, 6.45) is 2.29. The van der Waals surface area contributed by atoms with Gasteiger partial charge in [-0.3, -0.25) is 4.79 Å². The molecule has 1 saturated heterocycles. The second-order valence-electron chi connectivity index (χ2n) is 5.89. The normalized spacial score (nSPS) is 16.4. The van der Waals surface area contributed by atoms with E-state index in [-0.39, 0.29) is 12.0 Å². The lowest BCUT2D eigenvalue weighted by Gasteiger charge is -2.12. The fraction of sp³-hybridized carbons (Fsp3) is 0.350. The molecule has 0 aliphatic carbocycles. The van der Waals surface area contributed by atoms with Crippen LogP contribution in [-0.2, 0) is 4.74 Å². The largest absolute Gasteiger partial charge is 0.494 e. The molecule has 1 heterocycles. The third-order valence-electron chi connectivity index (χ3n) is 3.98. The Bertz CT molecular complexity index is 693. The number of hydrogen-bond acceptors (Lipinski definition) is 4. The van der Waals surface area contributed by atoms with Gasteiger partial charge in [-0.1, -0.05) is 6.07 Å². The lowest BCUT2D eigenvalue weighted by Crippen LogP contribution is -2.16. The highest BCUT2D eigenvalue weighted by molar-refractivity contribution is 6.04. The van der Waals surface area contributed by atoms with Crippen molar-refractivity contribution in [2.45, 2.75) is 25.9 Å². The molecular formula is C20H23NO4. The van der Waals surface area contributed by atoms with E-state index in [9.17, 15) is 4.79 Å². The van der Waals surface area contributed by atoms with Gasteiger partial charge < -0.3 is 19.5 Å². The average molecular weight is 341 g/mol. The lowest BCUT2D eigenvalue weighted by atomic mass is 10.2. The summed E-state index contributed by atoms with van der Waals surface area (Å²) in [5.74, 6) is 1.31. The quantitative estimate of drug-likeness (QED) is 0.830. The highest BCUT2D eigenvalue weighted by Crippen LogP contribution is 2.20. The first-order valence-corrected chi connectivity index (χ1v) is 8.63. The highest BCUT2D eigenvalue weighted by Gasteiger charge is 2.16. The molecule has 0 spiro atoms. The summed E-state index contributed by atoms with van der Waals surface area (Å²) in [6, 6.07) is 14.5. The van der Waals surface area contributed by atoms with Crippen molar-refractivity contribution in [1.82, 2.24) is 0 Å². The zero-order valence-electron chi connectivity index (χ0n) is 14.4. The molecule has 1 N–H and O–H groups in total. The van der Waals surface area contributed by atoms with Crippen LogP contribution in [0.1, 0.15) is 30.1 Å². The SMILES string of the molecule is CCOc1ccc(C(=O)Nc2cccc(OC[C@H]3CCCO3)c2)cc1. The van der Waals surface area contributed by atoms with Crippen LogP contribution >= 0.6 is 0 Å². The van der Waals surface area contributed by atoms with Crippen LogP contribution in [0.5, 0.6) is 11.5 Å². The van der Waals surface area contributed by atoms with Crippen molar-refractivity contribution < 1.29 is 19.0 Å². The molecule has 3 rings (SSSR count). The molecule has 1 fully saturated rings. The minimum Gasteiger partial charge on any atom is -0.494 e. The van der Waals surface area contributed by atoms with Gasteiger partial charge in [0.1, 0.15) is 18.1 Å². The van der Waals surface area contributed by atoms with E-state index >= 15 is 0 Å². The Balaban J connectivity index is 1.57. The van der Waals surface area contributed by atoms with E-state index in [2.05, 4.69) is 5.32 Å². The molecule has 132 valence electrons. The third kappa shape index (κ3) is 4.97. The van der Waals surface area contributed by atoms with Gasteiger partial charge in [0.25, 0.3) is 5.91 Å². The first-order chi connectivity index (χ1) is 12.2. The fourth-order valence-electron chi connectivity index (χ4n) is 2.70.